The number of halogens is 1. The summed E-state index contributed by atoms with van der Waals surface area (Å²) < 4.78 is 5.26. The Morgan fingerprint density at radius 1 is 1.48 bits per heavy atom. The maximum absolute atomic E-state index is 10.7. The van der Waals surface area contributed by atoms with Crippen LogP contribution in [0.5, 0.6) is 5.75 Å². The fourth-order valence-electron chi connectivity index (χ4n) is 1.92. The highest BCUT2D eigenvalue weighted by Gasteiger charge is 2.11. The van der Waals surface area contributed by atoms with Gasteiger partial charge in [0.25, 0.3) is 5.69 Å². The topological polar surface area (TPSA) is 77.3 Å². The summed E-state index contributed by atoms with van der Waals surface area (Å²) in [6.07, 6.45) is 1.22. The van der Waals surface area contributed by atoms with Crippen molar-refractivity contribution >= 4 is 23.1 Å². The maximum Gasteiger partial charge on any atom is 0.287 e. The predicted octanol–water partition coefficient (Wildman–Crippen LogP) is 3.57. The number of nitro groups is 1. The summed E-state index contributed by atoms with van der Waals surface area (Å²) in [5.41, 5.74) is 1.46. The number of hydrogen-bond acceptors (Lipinski definition) is 5. The molecule has 0 unspecified atom stereocenters. The number of anilines is 1. The summed E-state index contributed by atoms with van der Waals surface area (Å²) in [6.45, 7) is 2.17. The van der Waals surface area contributed by atoms with Crippen LogP contribution in [0.1, 0.15) is 11.1 Å². The molecule has 2 aromatic rings. The number of ether oxygens (including phenoxy) is 1. The molecule has 0 fully saturated rings. The molecule has 1 aromatic heterocycles. The molecular formula is C14H14ClN3O3. The molecule has 0 aliphatic rings. The number of nitrogens with zero attached hydrogens (tertiary/aromatic N) is 2. The average molecular weight is 308 g/mol. The summed E-state index contributed by atoms with van der Waals surface area (Å²) >= 11 is 6.15. The Labute approximate surface area is 126 Å². The van der Waals surface area contributed by atoms with Crippen molar-refractivity contribution in [1.29, 1.82) is 0 Å². The summed E-state index contributed by atoms with van der Waals surface area (Å²) in [4.78, 5) is 14.3. The van der Waals surface area contributed by atoms with Gasteiger partial charge in [0.1, 0.15) is 17.8 Å². The minimum atomic E-state index is -0.471. The quantitative estimate of drug-likeness (QED) is 0.675. The zero-order valence-electron chi connectivity index (χ0n) is 11.6. The molecule has 1 heterocycles. The van der Waals surface area contributed by atoms with Crippen molar-refractivity contribution in [2.24, 2.45) is 0 Å². The van der Waals surface area contributed by atoms with Crippen LogP contribution in [-0.2, 0) is 6.54 Å². The van der Waals surface area contributed by atoms with E-state index in [4.69, 9.17) is 16.3 Å². The van der Waals surface area contributed by atoms with Gasteiger partial charge in [-0.3, -0.25) is 10.1 Å². The SMILES string of the molecule is COc1cccc(Cl)c1CNc1ncc([N+](=O)[O-])cc1C. The van der Waals surface area contributed by atoms with E-state index < -0.39 is 4.92 Å². The van der Waals surface area contributed by atoms with E-state index in [0.717, 1.165) is 5.56 Å². The lowest BCUT2D eigenvalue weighted by Gasteiger charge is -2.12. The molecule has 0 atom stereocenters. The molecule has 0 aliphatic carbocycles. The first-order chi connectivity index (χ1) is 10.0. The molecule has 1 aromatic carbocycles. The van der Waals surface area contributed by atoms with E-state index in [2.05, 4.69) is 10.3 Å². The van der Waals surface area contributed by atoms with Gasteiger partial charge >= 0.3 is 0 Å². The van der Waals surface area contributed by atoms with Crippen molar-refractivity contribution in [2.75, 3.05) is 12.4 Å². The second-order valence-corrected chi connectivity index (χ2v) is 4.80. The van der Waals surface area contributed by atoms with E-state index in [-0.39, 0.29) is 5.69 Å². The number of methoxy groups -OCH3 is 1. The molecule has 7 heteroatoms. The third-order valence-electron chi connectivity index (χ3n) is 3.00. The Balaban J connectivity index is 2.19. The van der Waals surface area contributed by atoms with Gasteiger partial charge in [0.2, 0.25) is 0 Å². The molecule has 0 bridgehead atoms. The van der Waals surface area contributed by atoms with Crippen LogP contribution in [-0.4, -0.2) is 17.0 Å². The summed E-state index contributed by atoms with van der Waals surface area (Å²) in [6, 6.07) is 6.87. The van der Waals surface area contributed by atoms with Gasteiger partial charge in [-0.15, -0.1) is 0 Å². The van der Waals surface area contributed by atoms with Crippen molar-refractivity contribution in [2.45, 2.75) is 13.5 Å². The lowest BCUT2D eigenvalue weighted by Crippen LogP contribution is -2.05. The molecule has 1 N–H and O–H groups in total. The Morgan fingerprint density at radius 3 is 2.86 bits per heavy atom. The smallest absolute Gasteiger partial charge is 0.287 e. The van der Waals surface area contributed by atoms with E-state index >= 15 is 0 Å². The van der Waals surface area contributed by atoms with Gasteiger partial charge in [0, 0.05) is 23.2 Å². The lowest BCUT2D eigenvalue weighted by atomic mass is 10.2. The first-order valence-corrected chi connectivity index (χ1v) is 6.57. The standard InChI is InChI=1S/C14H14ClN3O3/c1-9-6-10(18(19)20)7-16-14(9)17-8-11-12(15)4-3-5-13(11)21-2/h3-7H,8H2,1-2H3,(H,16,17). The van der Waals surface area contributed by atoms with Crippen molar-refractivity contribution in [3.63, 3.8) is 0 Å². The van der Waals surface area contributed by atoms with Gasteiger partial charge in [-0.05, 0) is 24.6 Å². The van der Waals surface area contributed by atoms with Gasteiger partial charge < -0.3 is 10.1 Å². The molecule has 6 nitrogen and oxygen atoms in total. The van der Waals surface area contributed by atoms with E-state index in [1.165, 1.54) is 12.3 Å². The number of hydrogen-bond donors (Lipinski definition) is 1. The largest absolute Gasteiger partial charge is 0.496 e. The highest BCUT2D eigenvalue weighted by Crippen LogP contribution is 2.27. The normalized spacial score (nSPS) is 10.2. The van der Waals surface area contributed by atoms with Crippen molar-refractivity contribution < 1.29 is 9.66 Å². The Bertz CT molecular complexity index is 677. The van der Waals surface area contributed by atoms with Crippen LogP contribution in [0.3, 0.4) is 0 Å². The van der Waals surface area contributed by atoms with Crippen LogP contribution in [0.2, 0.25) is 5.02 Å². The summed E-state index contributed by atoms with van der Waals surface area (Å²) in [5, 5.41) is 14.4. The minimum absolute atomic E-state index is 0.0339. The molecule has 0 spiro atoms. The summed E-state index contributed by atoms with van der Waals surface area (Å²) in [5.74, 6) is 1.25. The first kappa shape index (κ1) is 15.1. The molecule has 110 valence electrons. The van der Waals surface area contributed by atoms with Crippen LogP contribution >= 0.6 is 11.6 Å². The fourth-order valence-corrected chi connectivity index (χ4v) is 2.15. The second kappa shape index (κ2) is 6.41. The first-order valence-electron chi connectivity index (χ1n) is 6.19. The number of aromatic nitrogens is 1. The monoisotopic (exact) mass is 307 g/mol. The van der Waals surface area contributed by atoms with E-state index in [9.17, 15) is 10.1 Å². The van der Waals surface area contributed by atoms with Gasteiger partial charge in [-0.1, -0.05) is 17.7 Å². The molecule has 0 aliphatic heterocycles. The van der Waals surface area contributed by atoms with Crippen LogP contribution in [0.15, 0.2) is 30.5 Å². The lowest BCUT2D eigenvalue weighted by molar-refractivity contribution is -0.385. The predicted molar refractivity (Wildman–Crippen MR) is 81.0 cm³/mol. The number of rotatable bonds is 5. The molecule has 0 saturated heterocycles. The zero-order chi connectivity index (χ0) is 15.4. The van der Waals surface area contributed by atoms with Crippen LogP contribution in [0, 0.1) is 17.0 Å². The number of benzene rings is 1. The molecule has 0 amide bonds. The third kappa shape index (κ3) is 3.41. The molecule has 21 heavy (non-hydrogen) atoms. The number of pyridine rings is 1. The van der Waals surface area contributed by atoms with Gasteiger partial charge in [0.15, 0.2) is 0 Å². The minimum Gasteiger partial charge on any atom is -0.496 e. The Morgan fingerprint density at radius 2 is 2.24 bits per heavy atom. The fraction of sp³-hybridized carbons (Fsp3) is 0.214. The second-order valence-electron chi connectivity index (χ2n) is 4.39. The van der Waals surface area contributed by atoms with Gasteiger partial charge in [0.05, 0.1) is 12.0 Å². The Hall–Kier alpha value is -2.34. The van der Waals surface area contributed by atoms with Crippen molar-refractivity contribution in [3.8, 4) is 5.75 Å². The van der Waals surface area contributed by atoms with Crippen LogP contribution in [0.4, 0.5) is 11.5 Å². The van der Waals surface area contributed by atoms with E-state index in [1.54, 1.807) is 26.2 Å². The van der Waals surface area contributed by atoms with Crippen LogP contribution in [0.25, 0.3) is 0 Å². The number of nitrogens with one attached hydrogen (secondary N) is 1. The highest BCUT2D eigenvalue weighted by atomic mass is 35.5. The average Bonchev–Trinajstić information content (AvgIpc) is 2.46. The molecule has 0 radical (unpaired) electrons. The van der Waals surface area contributed by atoms with E-state index in [1.807, 2.05) is 6.07 Å². The van der Waals surface area contributed by atoms with E-state index in [0.29, 0.717) is 28.7 Å². The number of aryl methyl sites for hydroxylation is 1. The van der Waals surface area contributed by atoms with Gasteiger partial charge in [-0.25, -0.2) is 4.98 Å². The third-order valence-corrected chi connectivity index (χ3v) is 3.36. The van der Waals surface area contributed by atoms with Crippen molar-refractivity contribution in [1.82, 2.24) is 4.98 Å². The van der Waals surface area contributed by atoms with Crippen molar-refractivity contribution in [3.05, 3.63) is 56.7 Å². The summed E-state index contributed by atoms with van der Waals surface area (Å²) in [7, 11) is 1.57. The van der Waals surface area contributed by atoms with Crippen LogP contribution < -0.4 is 10.1 Å². The Kier molecular flexibility index (Phi) is 4.59. The van der Waals surface area contributed by atoms with Gasteiger partial charge in [-0.2, -0.15) is 0 Å². The zero-order valence-corrected chi connectivity index (χ0v) is 12.3. The molecular weight excluding hydrogens is 294 g/mol. The molecule has 0 saturated carbocycles. The highest BCUT2D eigenvalue weighted by molar-refractivity contribution is 6.31. The maximum atomic E-state index is 10.7. The molecule has 2 rings (SSSR count).